The molecular formula is C12H14N2O3. The minimum atomic E-state index is -0.691. The first-order valence-corrected chi connectivity index (χ1v) is 5.12. The second-order valence-electron chi connectivity index (χ2n) is 3.34. The fourth-order valence-electron chi connectivity index (χ4n) is 1.18. The predicted octanol–water partition coefficient (Wildman–Crippen LogP) is 1.45. The summed E-state index contributed by atoms with van der Waals surface area (Å²) in [4.78, 5) is 11.3. The van der Waals surface area contributed by atoms with E-state index < -0.39 is 12.1 Å². The van der Waals surface area contributed by atoms with Gasteiger partial charge in [-0.05, 0) is 5.56 Å². The number of hydrogen-bond acceptors (Lipinski definition) is 4. The number of alkyl carbamates (subject to hydrolysis) is 1. The summed E-state index contributed by atoms with van der Waals surface area (Å²) in [6.45, 7) is 0.314. The molecule has 1 N–H and O–H groups in total. The highest BCUT2D eigenvalue weighted by Crippen LogP contribution is 2.00. The van der Waals surface area contributed by atoms with Crippen LogP contribution < -0.4 is 5.32 Å². The van der Waals surface area contributed by atoms with Gasteiger partial charge in [0.05, 0.1) is 12.7 Å². The summed E-state index contributed by atoms with van der Waals surface area (Å²) in [5.74, 6) is 0. The molecule has 0 saturated carbocycles. The highest BCUT2D eigenvalue weighted by molar-refractivity contribution is 5.68. The van der Waals surface area contributed by atoms with Crippen molar-refractivity contribution in [2.75, 3.05) is 13.7 Å². The van der Waals surface area contributed by atoms with Crippen molar-refractivity contribution >= 4 is 6.09 Å². The fraction of sp³-hybridized carbons (Fsp3) is 0.333. The number of benzene rings is 1. The second kappa shape index (κ2) is 7.25. The number of carbonyl (C=O) groups excluding carboxylic acids is 1. The summed E-state index contributed by atoms with van der Waals surface area (Å²) in [7, 11) is 1.46. The molecule has 0 fully saturated rings. The van der Waals surface area contributed by atoms with Crippen molar-refractivity contribution in [1.29, 1.82) is 5.26 Å². The van der Waals surface area contributed by atoms with Gasteiger partial charge in [-0.15, -0.1) is 0 Å². The van der Waals surface area contributed by atoms with Crippen molar-refractivity contribution in [3.05, 3.63) is 35.9 Å². The third-order valence-electron chi connectivity index (χ3n) is 1.99. The summed E-state index contributed by atoms with van der Waals surface area (Å²) in [5.41, 5.74) is 0.892. The van der Waals surface area contributed by atoms with Crippen LogP contribution in [0.2, 0.25) is 0 Å². The van der Waals surface area contributed by atoms with E-state index in [9.17, 15) is 4.79 Å². The van der Waals surface area contributed by atoms with Crippen molar-refractivity contribution in [1.82, 2.24) is 5.32 Å². The van der Waals surface area contributed by atoms with Gasteiger partial charge in [0.25, 0.3) is 0 Å². The van der Waals surface area contributed by atoms with Gasteiger partial charge >= 0.3 is 6.09 Å². The van der Waals surface area contributed by atoms with Crippen LogP contribution >= 0.6 is 0 Å². The average Bonchev–Trinajstić information content (AvgIpc) is 2.37. The Balaban J connectivity index is 2.33. The lowest BCUT2D eigenvalue weighted by Gasteiger charge is -2.10. The van der Waals surface area contributed by atoms with E-state index in [0.717, 1.165) is 5.56 Å². The van der Waals surface area contributed by atoms with Gasteiger partial charge in [-0.25, -0.2) is 4.79 Å². The van der Waals surface area contributed by atoms with Gasteiger partial charge in [0, 0.05) is 7.11 Å². The van der Waals surface area contributed by atoms with Crippen LogP contribution in [0.1, 0.15) is 5.56 Å². The zero-order valence-corrected chi connectivity index (χ0v) is 9.55. The zero-order valence-electron chi connectivity index (χ0n) is 9.55. The van der Waals surface area contributed by atoms with Crippen molar-refractivity contribution < 1.29 is 14.3 Å². The highest BCUT2D eigenvalue weighted by atomic mass is 16.5. The largest absolute Gasteiger partial charge is 0.445 e. The predicted molar refractivity (Wildman–Crippen MR) is 61.0 cm³/mol. The summed E-state index contributed by atoms with van der Waals surface area (Å²) >= 11 is 0. The van der Waals surface area contributed by atoms with E-state index >= 15 is 0 Å². The van der Waals surface area contributed by atoms with Gasteiger partial charge < -0.3 is 14.8 Å². The van der Waals surface area contributed by atoms with Crippen molar-refractivity contribution in [3.63, 3.8) is 0 Å². The Bertz CT molecular complexity index is 386. The summed E-state index contributed by atoms with van der Waals surface area (Å²) in [6.07, 6.45) is -0.627. The number of nitrogens with zero attached hydrogens (tertiary/aromatic N) is 1. The van der Waals surface area contributed by atoms with Crippen LogP contribution in [0.5, 0.6) is 0 Å². The quantitative estimate of drug-likeness (QED) is 0.837. The van der Waals surface area contributed by atoms with E-state index in [1.165, 1.54) is 7.11 Å². The number of rotatable bonds is 5. The minimum Gasteiger partial charge on any atom is -0.445 e. The van der Waals surface area contributed by atoms with Gasteiger partial charge in [-0.1, -0.05) is 30.3 Å². The van der Waals surface area contributed by atoms with E-state index in [4.69, 9.17) is 14.7 Å². The molecule has 0 aliphatic heterocycles. The maximum atomic E-state index is 11.3. The standard InChI is InChI=1S/C12H14N2O3/c1-16-9-11(7-13)14-12(15)17-8-10-5-3-2-4-6-10/h2-6,11H,8-9H2,1H3,(H,14,15). The maximum Gasteiger partial charge on any atom is 0.408 e. The van der Waals surface area contributed by atoms with Crippen molar-refractivity contribution in [2.24, 2.45) is 0 Å². The van der Waals surface area contributed by atoms with Crippen LogP contribution in [0.4, 0.5) is 4.79 Å². The van der Waals surface area contributed by atoms with E-state index in [2.05, 4.69) is 5.32 Å². The molecule has 1 rings (SSSR count). The van der Waals surface area contributed by atoms with Gasteiger partial charge in [0.15, 0.2) is 0 Å². The first kappa shape index (κ1) is 13.0. The van der Waals surface area contributed by atoms with Crippen molar-refractivity contribution in [2.45, 2.75) is 12.6 Å². The number of methoxy groups -OCH3 is 1. The molecule has 0 radical (unpaired) electrons. The monoisotopic (exact) mass is 234 g/mol. The Kier molecular flexibility index (Phi) is 5.55. The smallest absolute Gasteiger partial charge is 0.408 e. The van der Waals surface area contributed by atoms with E-state index in [-0.39, 0.29) is 13.2 Å². The van der Waals surface area contributed by atoms with Crippen LogP contribution in [0, 0.1) is 11.3 Å². The second-order valence-corrected chi connectivity index (χ2v) is 3.34. The zero-order chi connectivity index (χ0) is 12.5. The van der Waals surface area contributed by atoms with Gasteiger partial charge in [0.1, 0.15) is 12.6 Å². The average molecular weight is 234 g/mol. The molecule has 0 aliphatic carbocycles. The minimum absolute atomic E-state index is 0.136. The van der Waals surface area contributed by atoms with E-state index in [1.807, 2.05) is 36.4 Å². The van der Waals surface area contributed by atoms with Gasteiger partial charge in [0.2, 0.25) is 0 Å². The number of ether oxygens (including phenoxy) is 2. The molecule has 5 heteroatoms. The number of nitrogens with one attached hydrogen (secondary N) is 1. The van der Waals surface area contributed by atoms with E-state index in [1.54, 1.807) is 0 Å². The number of hydrogen-bond donors (Lipinski definition) is 1. The third-order valence-corrected chi connectivity index (χ3v) is 1.99. The molecule has 1 unspecified atom stereocenters. The molecule has 5 nitrogen and oxygen atoms in total. The molecule has 0 aromatic heterocycles. The van der Waals surface area contributed by atoms with Crippen LogP contribution in [-0.2, 0) is 16.1 Å². The SMILES string of the molecule is COCC(C#N)NC(=O)OCc1ccccc1. The van der Waals surface area contributed by atoms with Crippen molar-refractivity contribution in [3.8, 4) is 6.07 Å². The highest BCUT2D eigenvalue weighted by Gasteiger charge is 2.11. The Morgan fingerprint density at radius 1 is 1.47 bits per heavy atom. The topological polar surface area (TPSA) is 71.3 Å². The molecule has 0 spiro atoms. The van der Waals surface area contributed by atoms with E-state index in [0.29, 0.717) is 0 Å². The molecule has 90 valence electrons. The molecule has 0 heterocycles. The number of carbonyl (C=O) groups is 1. The lowest BCUT2D eigenvalue weighted by Crippen LogP contribution is -2.37. The van der Waals surface area contributed by atoms with Crippen LogP contribution in [0.3, 0.4) is 0 Å². The Hall–Kier alpha value is -2.06. The molecule has 17 heavy (non-hydrogen) atoms. The first-order chi connectivity index (χ1) is 8.26. The molecule has 0 aliphatic rings. The molecule has 1 aromatic carbocycles. The molecule has 1 atom stereocenters. The maximum absolute atomic E-state index is 11.3. The summed E-state index contributed by atoms with van der Waals surface area (Å²) < 4.78 is 9.72. The summed E-state index contributed by atoms with van der Waals surface area (Å²) in [5, 5.41) is 11.1. The molecular weight excluding hydrogens is 220 g/mol. The number of amides is 1. The molecule has 1 aromatic rings. The first-order valence-electron chi connectivity index (χ1n) is 5.12. The lowest BCUT2D eigenvalue weighted by molar-refractivity contribution is 0.127. The Labute approximate surface area is 100.0 Å². The molecule has 0 bridgehead atoms. The van der Waals surface area contributed by atoms with Crippen LogP contribution in [0.25, 0.3) is 0 Å². The fourth-order valence-corrected chi connectivity index (χ4v) is 1.18. The summed E-state index contributed by atoms with van der Waals surface area (Å²) in [6, 6.07) is 10.5. The van der Waals surface area contributed by atoms with Crippen LogP contribution in [0.15, 0.2) is 30.3 Å². The van der Waals surface area contributed by atoms with Gasteiger partial charge in [-0.2, -0.15) is 5.26 Å². The van der Waals surface area contributed by atoms with Crippen LogP contribution in [-0.4, -0.2) is 25.9 Å². The Morgan fingerprint density at radius 3 is 2.76 bits per heavy atom. The third kappa shape index (κ3) is 5.00. The van der Waals surface area contributed by atoms with Gasteiger partial charge in [-0.3, -0.25) is 0 Å². The molecule has 0 saturated heterocycles. The Morgan fingerprint density at radius 2 is 2.18 bits per heavy atom. The molecule has 1 amide bonds. The lowest BCUT2D eigenvalue weighted by atomic mass is 10.2. The number of nitriles is 1. The normalized spacial score (nSPS) is 11.3.